The van der Waals surface area contributed by atoms with E-state index in [0.29, 0.717) is 21.1 Å². The first-order valence-corrected chi connectivity index (χ1v) is 10.8. The van der Waals surface area contributed by atoms with Crippen LogP contribution in [0, 0.1) is 0 Å². The molecule has 1 heterocycles. The molecule has 3 aromatic rings. The maximum atomic E-state index is 11.8. The molecule has 3 rings (SSSR count). The zero-order valence-electron chi connectivity index (χ0n) is 14.3. The van der Waals surface area contributed by atoms with Crippen LogP contribution in [-0.4, -0.2) is 26.6 Å². The molecule has 8 nitrogen and oxygen atoms in total. The SMILES string of the molecule is CP(=O)(O)ON(Cc1ccccc1)Cc1cc(Br)cc2[nH]c(=O)c(=O)[nH]c12. The molecule has 0 bridgehead atoms. The summed E-state index contributed by atoms with van der Waals surface area (Å²) >= 11 is 3.37. The molecule has 0 spiro atoms. The van der Waals surface area contributed by atoms with Crippen LogP contribution in [-0.2, 0) is 22.3 Å². The van der Waals surface area contributed by atoms with Gasteiger partial charge in [0.1, 0.15) is 0 Å². The Morgan fingerprint density at radius 2 is 1.78 bits per heavy atom. The molecular formula is C17H17BrN3O5P. The number of aromatic nitrogens is 2. The van der Waals surface area contributed by atoms with Crippen molar-refractivity contribution in [2.24, 2.45) is 0 Å². The van der Waals surface area contributed by atoms with Crippen molar-refractivity contribution in [3.63, 3.8) is 0 Å². The second-order valence-corrected chi connectivity index (χ2v) is 8.75. The van der Waals surface area contributed by atoms with Crippen molar-refractivity contribution in [3.05, 3.63) is 78.8 Å². The largest absolute Gasteiger partial charge is 0.341 e. The molecular weight excluding hydrogens is 437 g/mol. The number of aromatic amines is 2. The number of H-pyrrole nitrogens is 2. The monoisotopic (exact) mass is 453 g/mol. The third-order valence-electron chi connectivity index (χ3n) is 3.69. The van der Waals surface area contributed by atoms with E-state index in [1.54, 1.807) is 12.1 Å². The van der Waals surface area contributed by atoms with Gasteiger partial charge in [-0.3, -0.25) is 14.2 Å². The van der Waals surface area contributed by atoms with Gasteiger partial charge in [-0.2, -0.15) is 5.06 Å². The number of hydrogen-bond acceptors (Lipinski definition) is 5. The highest BCUT2D eigenvalue weighted by Gasteiger charge is 2.20. The standard InChI is InChI=1S/C17H17BrN3O5P/c1-27(24,25)26-21(9-11-5-3-2-4-6-11)10-12-7-13(18)8-14-15(12)20-17(23)16(22)19-14/h2-8H,9-10H2,1H3,(H,19,22)(H,20,23)(H,24,25). The van der Waals surface area contributed by atoms with Crippen LogP contribution in [0.4, 0.5) is 0 Å². The zero-order chi connectivity index (χ0) is 19.6. The van der Waals surface area contributed by atoms with E-state index in [2.05, 4.69) is 25.9 Å². The predicted octanol–water partition coefficient (Wildman–Crippen LogP) is 2.73. The molecule has 0 fully saturated rings. The van der Waals surface area contributed by atoms with Gasteiger partial charge in [-0.15, -0.1) is 0 Å². The van der Waals surface area contributed by atoms with Gasteiger partial charge < -0.3 is 14.9 Å². The van der Waals surface area contributed by atoms with Crippen molar-refractivity contribution >= 4 is 34.6 Å². The lowest BCUT2D eigenvalue weighted by molar-refractivity contribution is -0.0823. The number of nitrogens with zero attached hydrogens (tertiary/aromatic N) is 1. The fourth-order valence-corrected chi connectivity index (χ4v) is 3.74. The first-order chi connectivity index (χ1) is 12.7. The van der Waals surface area contributed by atoms with Gasteiger partial charge >= 0.3 is 18.7 Å². The van der Waals surface area contributed by atoms with E-state index in [4.69, 9.17) is 4.62 Å². The summed E-state index contributed by atoms with van der Waals surface area (Å²) in [5, 5.41) is 1.35. The average Bonchev–Trinajstić information content (AvgIpc) is 2.56. The van der Waals surface area contributed by atoms with Gasteiger partial charge in [0.25, 0.3) is 0 Å². The summed E-state index contributed by atoms with van der Waals surface area (Å²) in [7, 11) is -3.80. The van der Waals surface area contributed by atoms with Crippen LogP contribution in [0.2, 0.25) is 0 Å². The fraction of sp³-hybridized carbons (Fsp3) is 0.176. The number of nitrogens with one attached hydrogen (secondary N) is 2. The molecule has 0 aliphatic heterocycles. The number of rotatable bonds is 6. The summed E-state index contributed by atoms with van der Waals surface area (Å²) in [4.78, 5) is 38.1. The lowest BCUT2D eigenvalue weighted by Crippen LogP contribution is -2.30. The summed E-state index contributed by atoms with van der Waals surface area (Å²) in [6.45, 7) is 1.45. The Morgan fingerprint density at radius 3 is 2.44 bits per heavy atom. The Balaban J connectivity index is 2.02. The van der Waals surface area contributed by atoms with Crippen LogP contribution < -0.4 is 11.1 Å². The third kappa shape index (κ3) is 5.24. The van der Waals surface area contributed by atoms with Crippen LogP contribution in [0.1, 0.15) is 11.1 Å². The molecule has 10 heteroatoms. The van der Waals surface area contributed by atoms with Crippen molar-refractivity contribution in [1.82, 2.24) is 15.0 Å². The van der Waals surface area contributed by atoms with Crippen molar-refractivity contribution in [1.29, 1.82) is 0 Å². The Morgan fingerprint density at radius 1 is 1.11 bits per heavy atom. The predicted molar refractivity (Wildman–Crippen MR) is 105 cm³/mol. The molecule has 0 amide bonds. The molecule has 2 aromatic carbocycles. The Kier molecular flexibility index (Phi) is 5.78. The highest BCUT2D eigenvalue weighted by Crippen LogP contribution is 2.39. The summed E-state index contributed by atoms with van der Waals surface area (Å²) in [6, 6.07) is 12.7. The van der Waals surface area contributed by atoms with Crippen LogP contribution >= 0.6 is 23.5 Å². The molecule has 0 aliphatic carbocycles. The normalized spacial score (nSPS) is 13.8. The lowest BCUT2D eigenvalue weighted by atomic mass is 10.1. The molecule has 1 unspecified atom stereocenters. The number of hydrogen-bond donors (Lipinski definition) is 3. The zero-order valence-corrected chi connectivity index (χ0v) is 16.8. The van der Waals surface area contributed by atoms with E-state index in [0.717, 1.165) is 12.2 Å². The first kappa shape index (κ1) is 19.7. The molecule has 3 N–H and O–H groups in total. The molecule has 27 heavy (non-hydrogen) atoms. The van der Waals surface area contributed by atoms with Crippen molar-refractivity contribution < 1.29 is 14.1 Å². The minimum Gasteiger partial charge on any atom is -0.324 e. The van der Waals surface area contributed by atoms with Crippen LogP contribution in [0.15, 0.2) is 56.5 Å². The summed E-state index contributed by atoms with van der Waals surface area (Å²) in [5.74, 6) is 0. The second-order valence-electron chi connectivity index (χ2n) is 6.06. The summed E-state index contributed by atoms with van der Waals surface area (Å²) in [6.07, 6.45) is 0. The second kappa shape index (κ2) is 7.92. The van der Waals surface area contributed by atoms with E-state index in [9.17, 15) is 19.0 Å². The molecule has 0 saturated carbocycles. The highest BCUT2D eigenvalue weighted by atomic mass is 79.9. The van der Waals surface area contributed by atoms with Gasteiger partial charge in [0, 0.05) is 17.7 Å². The lowest BCUT2D eigenvalue weighted by Gasteiger charge is -2.23. The quantitative estimate of drug-likeness (QED) is 0.300. The van der Waals surface area contributed by atoms with Gasteiger partial charge in [0.2, 0.25) is 0 Å². The van der Waals surface area contributed by atoms with Crippen molar-refractivity contribution in [3.8, 4) is 0 Å². The van der Waals surface area contributed by atoms with Crippen LogP contribution in [0.3, 0.4) is 0 Å². The third-order valence-corrected chi connectivity index (χ3v) is 4.68. The number of fused-ring (bicyclic) bond motifs is 1. The maximum absolute atomic E-state index is 11.8. The number of benzene rings is 2. The summed E-state index contributed by atoms with van der Waals surface area (Å²) < 4.78 is 17.7. The van der Waals surface area contributed by atoms with Crippen LogP contribution in [0.25, 0.3) is 11.0 Å². The topological polar surface area (TPSA) is 115 Å². The maximum Gasteiger partial charge on any atom is 0.341 e. The fourth-order valence-electron chi connectivity index (χ4n) is 2.69. The Bertz CT molecular complexity index is 1120. The molecule has 0 saturated heterocycles. The van der Waals surface area contributed by atoms with Crippen molar-refractivity contribution in [2.45, 2.75) is 13.1 Å². The van der Waals surface area contributed by atoms with E-state index >= 15 is 0 Å². The number of hydroxylamine groups is 2. The highest BCUT2D eigenvalue weighted by molar-refractivity contribution is 9.10. The Hall–Kier alpha value is -2.03. The Labute approximate surface area is 162 Å². The smallest absolute Gasteiger partial charge is 0.324 e. The summed E-state index contributed by atoms with van der Waals surface area (Å²) in [5.41, 5.74) is 0.826. The van der Waals surface area contributed by atoms with E-state index in [1.165, 1.54) is 5.06 Å². The molecule has 0 aliphatic rings. The van der Waals surface area contributed by atoms with E-state index in [-0.39, 0.29) is 13.1 Å². The van der Waals surface area contributed by atoms with Crippen LogP contribution in [0.5, 0.6) is 0 Å². The van der Waals surface area contributed by atoms with E-state index < -0.39 is 18.7 Å². The van der Waals surface area contributed by atoms with E-state index in [1.807, 2.05) is 30.3 Å². The molecule has 1 aromatic heterocycles. The van der Waals surface area contributed by atoms with Gasteiger partial charge in [0.15, 0.2) is 0 Å². The van der Waals surface area contributed by atoms with Gasteiger partial charge in [-0.05, 0) is 23.3 Å². The number of halogens is 1. The first-order valence-electron chi connectivity index (χ1n) is 7.95. The minimum atomic E-state index is -3.80. The molecule has 1 atom stereocenters. The average molecular weight is 454 g/mol. The molecule has 142 valence electrons. The van der Waals surface area contributed by atoms with Gasteiger partial charge in [0.05, 0.1) is 17.6 Å². The van der Waals surface area contributed by atoms with Gasteiger partial charge in [-0.25, -0.2) is 4.62 Å². The van der Waals surface area contributed by atoms with Gasteiger partial charge in [-0.1, -0.05) is 46.3 Å². The minimum absolute atomic E-state index is 0.102. The van der Waals surface area contributed by atoms with Crippen molar-refractivity contribution in [2.75, 3.05) is 6.66 Å². The molecule has 0 radical (unpaired) electrons.